The van der Waals surface area contributed by atoms with E-state index < -0.39 is 17.2 Å². The van der Waals surface area contributed by atoms with E-state index in [9.17, 15) is 18.7 Å². The summed E-state index contributed by atoms with van der Waals surface area (Å²) in [5, 5.41) is 21.7. The van der Waals surface area contributed by atoms with Gasteiger partial charge in [0, 0.05) is 18.5 Å². The highest BCUT2D eigenvalue weighted by Gasteiger charge is 2.66. The van der Waals surface area contributed by atoms with E-state index in [-0.39, 0.29) is 46.6 Å². The molecule has 0 radical (unpaired) electrons. The van der Waals surface area contributed by atoms with Crippen LogP contribution >= 0.6 is 0 Å². The summed E-state index contributed by atoms with van der Waals surface area (Å²) in [5.41, 5.74) is 0.963. The topological polar surface area (TPSA) is 87.6 Å². The molecule has 2 N–H and O–H groups in total. The van der Waals surface area contributed by atoms with Crippen LogP contribution in [0.1, 0.15) is 56.7 Å². The Morgan fingerprint density at radius 2 is 1.97 bits per heavy atom. The summed E-state index contributed by atoms with van der Waals surface area (Å²) in [6.45, 7) is 6.27. The fourth-order valence-corrected chi connectivity index (χ4v) is 7.56. The molecule has 1 unspecified atom stereocenters. The van der Waals surface area contributed by atoms with E-state index in [0.29, 0.717) is 26.3 Å². The fourth-order valence-electron chi connectivity index (χ4n) is 7.56. The van der Waals surface area contributed by atoms with Crippen molar-refractivity contribution in [3.63, 3.8) is 0 Å². The van der Waals surface area contributed by atoms with E-state index in [4.69, 9.17) is 4.74 Å². The number of likely N-dealkylation sites (tertiary alicyclic amines) is 1. The number of amides is 2. The van der Waals surface area contributed by atoms with Crippen LogP contribution in [0.25, 0.3) is 11.3 Å². The van der Waals surface area contributed by atoms with Gasteiger partial charge in [-0.05, 0) is 66.7 Å². The van der Waals surface area contributed by atoms with Gasteiger partial charge in [0.15, 0.2) is 0 Å². The number of halogens is 2. The van der Waals surface area contributed by atoms with Crippen LogP contribution in [0.3, 0.4) is 0 Å². The van der Waals surface area contributed by atoms with Crippen LogP contribution in [0.4, 0.5) is 13.6 Å². The molecule has 2 aromatic rings. The van der Waals surface area contributed by atoms with Gasteiger partial charge >= 0.3 is 6.03 Å². The summed E-state index contributed by atoms with van der Waals surface area (Å²) >= 11 is 0. The first kappa shape index (κ1) is 23.7. The van der Waals surface area contributed by atoms with Crippen LogP contribution in [0, 0.1) is 23.0 Å². The number of ether oxygens (including phenoxy) is 1. The summed E-state index contributed by atoms with van der Waals surface area (Å²) in [6, 6.07) is 5.49. The van der Waals surface area contributed by atoms with Gasteiger partial charge in [-0.25, -0.2) is 13.6 Å². The number of hydrogen-bond acceptors (Lipinski definition) is 5. The first-order valence-electron chi connectivity index (χ1n) is 12.8. The molecule has 3 atom stereocenters. The van der Waals surface area contributed by atoms with Gasteiger partial charge in [-0.2, -0.15) is 10.2 Å². The zero-order valence-electron chi connectivity index (χ0n) is 20.7. The molecule has 7 nitrogen and oxygen atoms in total. The number of benzene rings is 1. The summed E-state index contributed by atoms with van der Waals surface area (Å²) in [7, 11) is 0. The third-order valence-corrected chi connectivity index (χ3v) is 9.53. The minimum absolute atomic E-state index is 0.130. The third kappa shape index (κ3) is 3.18. The molecule has 2 saturated heterocycles. The minimum atomic E-state index is -0.691. The molecule has 3 fully saturated rings. The quantitative estimate of drug-likeness (QED) is 0.670. The number of aliphatic hydroxyl groups is 1. The number of carbonyl (C=O) groups is 1. The van der Waals surface area contributed by atoms with E-state index in [2.05, 4.69) is 29.4 Å². The van der Waals surface area contributed by atoms with Crippen molar-refractivity contribution in [2.24, 2.45) is 11.3 Å². The smallest absolute Gasteiger partial charge is 0.318 e. The molecule has 1 saturated carbocycles. The average molecular weight is 499 g/mol. The molecular weight excluding hydrogens is 466 g/mol. The molecule has 4 aliphatic rings. The van der Waals surface area contributed by atoms with E-state index in [1.165, 1.54) is 18.2 Å². The molecule has 2 aliphatic heterocycles. The van der Waals surface area contributed by atoms with Gasteiger partial charge in [0.25, 0.3) is 0 Å². The van der Waals surface area contributed by atoms with Crippen molar-refractivity contribution < 1.29 is 23.4 Å². The van der Waals surface area contributed by atoms with Gasteiger partial charge in [0.1, 0.15) is 17.2 Å². The number of piperidine rings is 1. The van der Waals surface area contributed by atoms with Crippen LogP contribution in [0.5, 0.6) is 0 Å². The molecule has 1 aromatic carbocycles. The Morgan fingerprint density at radius 3 is 2.64 bits per heavy atom. The zero-order valence-corrected chi connectivity index (χ0v) is 20.7. The number of nitrogens with zero attached hydrogens (tertiary/aromatic N) is 3. The monoisotopic (exact) mass is 498 g/mol. The molecule has 0 spiro atoms. The number of nitrogens with one attached hydrogen (secondary N) is 1. The SMILES string of the molecule is CC1(C)[C@H]2CCC1([C@H]1CCCN(C(=O)NC3(CO)COC3)C1)c1nnc(-c3c(F)cccc3F)cc12. The number of fused-ring (bicyclic) bond motifs is 5. The molecule has 1 aromatic heterocycles. The second-order valence-corrected chi connectivity index (χ2v) is 11.6. The second-order valence-electron chi connectivity index (χ2n) is 11.6. The van der Waals surface area contributed by atoms with Gasteiger partial charge in [-0.3, -0.25) is 0 Å². The Hall–Kier alpha value is -2.65. The molecule has 2 aliphatic carbocycles. The van der Waals surface area contributed by atoms with Crippen LogP contribution < -0.4 is 5.32 Å². The van der Waals surface area contributed by atoms with Crippen molar-refractivity contribution in [1.29, 1.82) is 0 Å². The van der Waals surface area contributed by atoms with Gasteiger partial charge in [0.05, 0.1) is 36.8 Å². The highest BCUT2D eigenvalue weighted by atomic mass is 19.1. The Balaban J connectivity index is 1.33. The van der Waals surface area contributed by atoms with Crippen LogP contribution in [0.15, 0.2) is 24.3 Å². The largest absolute Gasteiger partial charge is 0.394 e. The maximum atomic E-state index is 14.5. The highest BCUT2D eigenvalue weighted by molar-refractivity contribution is 5.75. The number of urea groups is 1. The van der Waals surface area contributed by atoms with Crippen LogP contribution in [-0.4, -0.2) is 64.7 Å². The minimum Gasteiger partial charge on any atom is -0.394 e. The average Bonchev–Trinajstić information content (AvgIpc) is 3.22. The van der Waals surface area contributed by atoms with Crippen LogP contribution in [0.2, 0.25) is 0 Å². The summed E-state index contributed by atoms with van der Waals surface area (Å²) in [5.74, 6) is -0.891. The standard InChI is InChI=1S/C27H32F2N4O3/c1-25(2)18-8-9-27(25,16-5-4-10-33(12-16)24(35)30-26(13-34)14-36-15-26)23-17(18)11-21(31-32-23)22-19(28)6-3-7-20(22)29/h3,6-7,11,16,18,34H,4-5,8-10,12-15H2,1-2H3,(H,30,35)/t16-,18-,27?/m0/s1. The number of rotatable bonds is 4. The Labute approximate surface area is 209 Å². The summed E-state index contributed by atoms with van der Waals surface area (Å²) in [4.78, 5) is 15.0. The molecule has 3 heterocycles. The van der Waals surface area contributed by atoms with E-state index in [0.717, 1.165) is 36.9 Å². The van der Waals surface area contributed by atoms with Crippen molar-refractivity contribution in [3.8, 4) is 11.3 Å². The van der Waals surface area contributed by atoms with E-state index in [1.54, 1.807) is 0 Å². The third-order valence-electron chi connectivity index (χ3n) is 9.53. The number of carbonyl (C=O) groups excluding carboxylic acids is 1. The van der Waals surface area contributed by atoms with Crippen molar-refractivity contribution in [2.75, 3.05) is 32.9 Å². The van der Waals surface area contributed by atoms with Crippen molar-refractivity contribution >= 4 is 6.03 Å². The van der Waals surface area contributed by atoms with E-state index in [1.807, 2.05) is 11.0 Å². The van der Waals surface area contributed by atoms with Gasteiger partial charge in [-0.15, -0.1) is 0 Å². The first-order valence-corrected chi connectivity index (χ1v) is 12.8. The molecule has 192 valence electrons. The molecular formula is C27H32F2N4O3. The molecule has 6 rings (SSSR count). The van der Waals surface area contributed by atoms with E-state index >= 15 is 0 Å². The fraction of sp³-hybridized carbons (Fsp3) is 0.593. The molecule has 2 amide bonds. The summed E-state index contributed by atoms with van der Waals surface area (Å²) in [6.07, 6.45) is 3.77. The van der Waals surface area contributed by atoms with Crippen molar-refractivity contribution in [2.45, 2.75) is 56.4 Å². The lowest BCUT2D eigenvalue weighted by molar-refractivity contribution is -0.0927. The lowest BCUT2D eigenvalue weighted by Crippen LogP contribution is -2.67. The van der Waals surface area contributed by atoms with Crippen molar-refractivity contribution in [3.05, 3.63) is 47.2 Å². The van der Waals surface area contributed by atoms with Gasteiger partial charge < -0.3 is 20.1 Å². The lowest BCUT2D eigenvalue weighted by atomic mass is 9.59. The summed E-state index contributed by atoms with van der Waals surface area (Å²) < 4.78 is 34.2. The molecule has 2 bridgehead atoms. The molecule has 9 heteroatoms. The molecule has 36 heavy (non-hydrogen) atoms. The second kappa shape index (κ2) is 8.18. The number of aliphatic hydroxyl groups excluding tert-OH is 1. The first-order chi connectivity index (χ1) is 17.2. The van der Waals surface area contributed by atoms with Gasteiger partial charge in [0.2, 0.25) is 0 Å². The predicted molar refractivity (Wildman–Crippen MR) is 128 cm³/mol. The van der Waals surface area contributed by atoms with Crippen molar-refractivity contribution in [1.82, 2.24) is 20.4 Å². The van der Waals surface area contributed by atoms with Gasteiger partial charge in [-0.1, -0.05) is 19.9 Å². The maximum absolute atomic E-state index is 14.5. The lowest BCUT2D eigenvalue weighted by Gasteiger charge is -2.49. The number of aromatic nitrogens is 2. The number of hydrogen-bond donors (Lipinski definition) is 2. The normalized spacial score (nSPS) is 29.5. The zero-order chi connectivity index (χ0) is 25.3. The maximum Gasteiger partial charge on any atom is 0.318 e. The Bertz CT molecular complexity index is 1190. The Morgan fingerprint density at radius 1 is 1.22 bits per heavy atom. The van der Waals surface area contributed by atoms with Crippen LogP contribution in [-0.2, 0) is 10.2 Å². The Kier molecular flexibility index (Phi) is 5.39. The highest BCUT2D eigenvalue weighted by Crippen LogP contribution is 2.70. The predicted octanol–water partition coefficient (Wildman–Crippen LogP) is 3.76.